The largest absolute Gasteiger partial charge is 0.338 e. The summed E-state index contributed by atoms with van der Waals surface area (Å²) in [6, 6.07) is 2.18. The maximum Gasteiger partial charge on any atom is 0.317 e. The van der Waals surface area contributed by atoms with Gasteiger partial charge in [-0.15, -0.1) is 0 Å². The second-order valence-corrected chi connectivity index (χ2v) is 5.64. The highest BCUT2D eigenvalue weighted by Gasteiger charge is 2.14. The molecule has 0 aliphatic carbocycles. The molecule has 0 atom stereocenters. The fourth-order valence-corrected chi connectivity index (χ4v) is 2.71. The van der Waals surface area contributed by atoms with Gasteiger partial charge in [-0.1, -0.05) is 12.8 Å². The summed E-state index contributed by atoms with van der Waals surface area (Å²) >= 11 is 0. The van der Waals surface area contributed by atoms with E-state index in [1.54, 1.807) is 0 Å². The van der Waals surface area contributed by atoms with Crippen molar-refractivity contribution in [1.82, 2.24) is 20.0 Å². The molecule has 1 aromatic rings. The van der Waals surface area contributed by atoms with Crippen LogP contribution in [0.25, 0.3) is 0 Å². The molecule has 0 saturated carbocycles. The number of aryl methyl sites for hydroxylation is 3. The highest BCUT2D eigenvalue weighted by Crippen LogP contribution is 2.09. The number of hydrogen-bond acceptors (Lipinski definition) is 2. The fourth-order valence-electron chi connectivity index (χ4n) is 2.71. The second kappa shape index (κ2) is 7.31. The maximum atomic E-state index is 12.0. The van der Waals surface area contributed by atoms with Gasteiger partial charge in [0.1, 0.15) is 0 Å². The van der Waals surface area contributed by atoms with Crippen LogP contribution < -0.4 is 5.32 Å². The number of carbonyl (C=O) groups is 1. The Morgan fingerprint density at radius 2 is 1.95 bits per heavy atom. The van der Waals surface area contributed by atoms with Crippen LogP contribution in [0, 0.1) is 13.8 Å². The SMILES string of the molecule is Cc1cc(C)n(CCCNC(=O)N2CCCCCC2)n1. The van der Waals surface area contributed by atoms with Crippen LogP contribution in [-0.2, 0) is 6.54 Å². The molecule has 1 saturated heterocycles. The summed E-state index contributed by atoms with van der Waals surface area (Å²) in [5.41, 5.74) is 2.23. The molecule has 0 spiro atoms. The molecule has 2 amide bonds. The Balaban J connectivity index is 1.67. The van der Waals surface area contributed by atoms with E-state index >= 15 is 0 Å². The Hall–Kier alpha value is -1.52. The molecule has 0 unspecified atom stereocenters. The Bertz CT molecular complexity index is 433. The second-order valence-electron chi connectivity index (χ2n) is 5.64. The standard InChI is InChI=1S/C15H26N4O/c1-13-12-14(2)19(17-13)11-7-8-16-15(20)18-9-5-3-4-6-10-18/h12H,3-11H2,1-2H3,(H,16,20). The number of nitrogens with zero attached hydrogens (tertiary/aromatic N) is 3. The highest BCUT2D eigenvalue weighted by molar-refractivity contribution is 5.74. The van der Waals surface area contributed by atoms with Gasteiger partial charge < -0.3 is 10.2 Å². The average Bonchev–Trinajstić information content (AvgIpc) is 2.64. The summed E-state index contributed by atoms with van der Waals surface area (Å²) in [6.07, 6.45) is 5.70. The van der Waals surface area contributed by atoms with Crippen molar-refractivity contribution in [2.75, 3.05) is 19.6 Å². The van der Waals surface area contributed by atoms with Crippen molar-refractivity contribution >= 4 is 6.03 Å². The first-order valence-electron chi connectivity index (χ1n) is 7.70. The van der Waals surface area contributed by atoms with Gasteiger partial charge in [0.2, 0.25) is 0 Å². The van der Waals surface area contributed by atoms with Crippen molar-refractivity contribution in [3.8, 4) is 0 Å². The molecular formula is C15H26N4O. The molecule has 112 valence electrons. The molecule has 0 radical (unpaired) electrons. The van der Waals surface area contributed by atoms with Crippen LogP contribution in [0.1, 0.15) is 43.5 Å². The monoisotopic (exact) mass is 278 g/mol. The Kier molecular flexibility index (Phi) is 5.44. The van der Waals surface area contributed by atoms with E-state index in [9.17, 15) is 4.79 Å². The van der Waals surface area contributed by atoms with Gasteiger partial charge in [0.15, 0.2) is 0 Å². The molecule has 0 aromatic carbocycles. The number of amides is 2. The van der Waals surface area contributed by atoms with Gasteiger partial charge in [-0.3, -0.25) is 4.68 Å². The predicted molar refractivity (Wildman–Crippen MR) is 79.8 cm³/mol. The molecule has 2 heterocycles. The van der Waals surface area contributed by atoms with Crippen molar-refractivity contribution in [3.63, 3.8) is 0 Å². The number of urea groups is 1. The van der Waals surface area contributed by atoms with E-state index in [4.69, 9.17) is 0 Å². The minimum Gasteiger partial charge on any atom is -0.338 e. The summed E-state index contributed by atoms with van der Waals surface area (Å²) in [6.45, 7) is 7.46. The molecule has 1 fully saturated rings. The van der Waals surface area contributed by atoms with E-state index in [0.29, 0.717) is 6.54 Å². The summed E-state index contributed by atoms with van der Waals surface area (Å²) in [7, 11) is 0. The molecule has 0 bridgehead atoms. The van der Waals surface area contributed by atoms with Crippen molar-refractivity contribution in [2.45, 2.75) is 52.5 Å². The average molecular weight is 278 g/mol. The summed E-state index contributed by atoms with van der Waals surface area (Å²) < 4.78 is 2.01. The molecule has 1 aliphatic heterocycles. The third-order valence-electron chi connectivity index (χ3n) is 3.82. The molecule has 5 heteroatoms. The van der Waals surface area contributed by atoms with E-state index in [-0.39, 0.29) is 6.03 Å². The number of nitrogens with one attached hydrogen (secondary N) is 1. The lowest BCUT2D eigenvalue weighted by Crippen LogP contribution is -2.41. The van der Waals surface area contributed by atoms with Gasteiger partial charge in [-0.25, -0.2) is 4.79 Å². The third kappa shape index (κ3) is 4.25. The number of likely N-dealkylation sites (tertiary alicyclic amines) is 1. The van der Waals surface area contributed by atoms with E-state index in [2.05, 4.69) is 23.4 Å². The van der Waals surface area contributed by atoms with Gasteiger partial charge in [-0.05, 0) is 39.2 Å². The van der Waals surface area contributed by atoms with Gasteiger partial charge in [0.25, 0.3) is 0 Å². The zero-order valence-corrected chi connectivity index (χ0v) is 12.7. The number of rotatable bonds is 4. The molecule has 2 rings (SSSR count). The van der Waals surface area contributed by atoms with Crippen molar-refractivity contribution in [2.24, 2.45) is 0 Å². The van der Waals surface area contributed by atoms with Crippen LogP contribution in [-0.4, -0.2) is 40.3 Å². The van der Waals surface area contributed by atoms with E-state index < -0.39 is 0 Å². The Morgan fingerprint density at radius 1 is 1.25 bits per heavy atom. The van der Waals surface area contributed by atoms with Crippen LogP contribution in [0.5, 0.6) is 0 Å². The van der Waals surface area contributed by atoms with Gasteiger partial charge in [0, 0.05) is 31.9 Å². The third-order valence-corrected chi connectivity index (χ3v) is 3.82. The first-order valence-corrected chi connectivity index (χ1v) is 7.70. The topological polar surface area (TPSA) is 50.2 Å². The normalized spacial score (nSPS) is 16.0. The first kappa shape index (κ1) is 14.9. The fraction of sp³-hybridized carbons (Fsp3) is 0.733. The smallest absolute Gasteiger partial charge is 0.317 e. The van der Waals surface area contributed by atoms with Crippen molar-refractivity contribution in [3.05, 3.63) is 17.5 Å². The van der Waals surface area contributed by atoms with Gasteiger partial charge in [-0.2, -0.15) is 5.10 Å². The minimum atomic E-state index is 0.0975. The van der Waals surface area contributed by atoms with Crippen LogP contribution in [0.4, 0.5) is 4.79 Å². The van der Waals surface area contributed by atoms with Crippen molar-refractivity contribution < 1.29 is 4.79 Å². The maximum absolute atomic E-state index is 12.0. The lowest BCUT2D eigenvalue weighted by atomic mass is 10.2. The van der Waals surface area contributed by atoms with Gasteiger partial charge in [0.05, 0.1) is 5.69 Å². The highest BCUT2D eigenvalue weighted by atomic mass is 16.2. The van der Waals surface area contributed by atoms with Crippen LogP contribution >= 0.6 is 0 Å². The molecule has 20 heavy (non-hydrogen) atoms. The van der Waals surface area contributed by atoms with Crippen LogP contribution in [0.3, 0.4) is 0 Å². The minimum absolute atomic E-state index is 0.0975. The number of carbonyl (C=O) groups excluding carboxylic acids is 1. The molecule has 5 nitrogen and oxygen atoms in total. The number of hydrogen-bond donors (Lipinski definition) is 1. The molecule has 1 N–H and O–H groups in total. The predicted octanol–water partition coefficient (Wildman–Crippen LogP) is 2.48. The van der Waals surface area contributed by atoms with Gasteiger partial charge >= 0.3 is 6.03 Å². The van der Waals surface area contributed by atoms with E-state index in [1.165, 1.54) is 18.5 Å². The lowest BCUT2D eigenvalue weighted by molar-refractivity contribution is 0.199. The molecule has 1 aromatic heterocycles. The molecular weight excluding hydrogens is 252 g/mol. The first-order chi connectivity index (χ1) is 9.66. The molecule has 1 aliphatic rings. The number of aromatic nitrogens is 2. The summed E-state index contributed by atoms with van der Waals surface area (Å²) in [4.78, 5) is 14.0. The Labute approximate surface area is 121 Å². The van der Waals surface area contributed by atoms with Crippen molar-refractivity contribution in [1.29, 1.82) is 0 Å². The Morgan fingerprint density at radius 3 is 2.55 bits per heavy atom. The summed E-state index contributed by atoms with van der Waals surface area (Å²) in [5.74, 6) is 0. The van der Waals surface area contributed by atoms with E-state index in [1.807, 2.05) is 16.5 Å². The summed E-state index contributed by atoms with van der Waals surface area (Å²) in [5, 5.41) is 7.45. The van der Waals surface area contributed by atoms with Crippen LogP contribution in [0.2, 0.25) is 0 Å². The van der Waals surface area contributed by atoms with Crippen LogP contribution in [0.15, 0.2) is 6.07 Å². The zero-order valence-electron chi connectivity index (χ0n) is 12.7. The quantitative estimate of drug-likeness (QED) is 0.860. The lowest BCUT2D eigenvalue weighted by Gasteiger charge is -2.20. The zero-order chi connectivity index (χ0) is 14.4. The van der Waals surface area contributed by atoms with E-state index in [0.717, 1.165) is 44.6 Å².